The van der Waals surface area contributed by atoms with Crippen molar-refractivity contribution in [1.29, 1.82) is 0 Å². The molecule has 0 unspecified atom stereocenters. The fourth-order valence-corrected chi connectivity index (χ4v) is 1.71. The van der Waals surface area contributed by atoms with Gasteiger partial charge in [-0.05, 0) is 47.2 Å². The molecule has 0 aliphatic rings. The van der Waals surface area contributed by atoms with Crippen molar-refractivity contribution in [2.75, 3.05) is 11.1 Å². The maximum absolute atomic E-state index is 5.48. The highest BCUT2D eigenvalue weighted by molar-refractivity contribution is 14.1. The number of hydrogen-bond acceptors (Lipinski definition) is 5. The largest absolute Gasteiger partial charge is 0.368 e. The molecule has 3 N–H and O–H groups in total. The average Bonchev–Trinajstić information content (AvgIpc) is 2.24. The van der Waals surface area contributed by atoms with Crippen molar-refractivity contribution < 1.29 is 0 Å². The van der Waals surface area contributed by atoms with E-state index in [1.54, 1.807) is 0 Å². The van der Waals surface area contributed by atoms with Crippen LogP contribution in [0.3, 0.4) is 0 Å². The number of nitrogens with zero attached hydrogens (tertiary/aromatic N) is 3. The van der Waals surface area contributed by atoms with Crippen LogP contribution in [-0.4, -0.2) is 15.0 Å². The Balaban J connectivity index is 2.30. The van der Waals surface area contributed by atoms with Crippen LogP contribution in [0.25, 0.3) is 0 Å². The standard InChI is InChI=1S/C10H10IN5/c1-6-2-3-7(11)4-8(6)15-10-14-5-13-9(12)16-10/h2-5H,1H3,(H3,12,13,14,15,16). The molecule has 1 heterocycles. The highest BCUT2D eigenvalue weighted by atomic mass is 127. The molecule has 1 aromatic carbocycles. The third-order valence-corrected chi connectivity index (χ3v) is 2.71. The summed E-state index contributed by atoms with van der Waals surface area (Å²) in [5.41, 5.74) is 7.57. The van der Waals surface area contributed by atoms with Crippen molar-refractivity contribution in [1.82, 2.24) is 15.0 Å². The molecule has 0 saturated heterocycles. The molecule has 5 nitrogen and oxygen atoms in total. The summed E-state index contributed by atoms with van der Waals surface area (Å²) in [5, 5.41) is 3.11. The zero-order valence-corrected chi connectivity index (χ0v) is 10.8. The normalized spacial score (nSPS) is 10.1. The van der Waals surface area contributed by atoms with Crippen LogP contribution >= 0.6 is 22.6 Å². The van der Waals surface area contributed by atoms with Crippen LogP contribution in [0.1, 0.15) is 5.56 Å². The summed E-state index contributed by atoms with van der Waals surface area (Å²) in [7, 11) is 0. The molecule has 0 radical (unpaired) electrons. The van der Waals surface area contributed by atoms with Crippen LogP contribution in [0.4, 0.5) is 17.6 Å². The first-order valence-electron chi connectivity index (χ1n) is 4.63. The van der Waals surface area contributed by atoms with Crippen LogP contribution in [0.2, 0.25) is 0 Å². The van der Waals surface area contributed by atoms with Gasteiger partial charge >= 0.3 is 0 Å². The summed E-state index contributed by atoms with van der Waals surface area (Å²) < 4.78 is 1.15. The van der Waals surface area contributed by atoms with Gasteiger partial charge in [-0.25, -0.2) is 9.97 Å². The molecule has 0 spiro atoms. The minimum Gasteiger partial charge on any atom is -0.368 e. The quantitative estimate of drug-likeness (QED) is 0.826. The first kappa shape index (κ1) is 11.1. The lowest BCUT2D eigenvalue weighted by atomic mass is 10.2. The van der Waals surface area contributed by atoms with Gasteiger partial charge in [-0.3, -0.25) is 0 Å². The number of hydrogen-bond donors (Lipinski definition) is 2. The third kappa shape index (κ3) is 2.57. The molecular formula is C10H10IN5. The van der Waals surface area contributed by atoms with Crippen LogP contribution in [0.15, 0.2) is 24.5 Å². The predicted molar refractivity (Wildman–Crippen MR) is 71.4 cm³/mol. The lowest BCUT2D eigenvalue weighted by Gasteiger charge is -2.08. The number of nitrogen functional groups attached to an aromatic ring is 1. The van der Waals surface area contributed by atoms with Crippen LogP contribution in [-0.2, 0) is 0 Å². The van der Waals surface area contributed by atoms with E-state index in [9.17, 15) is 0 Å². The minimum atomic E-state index is 0.209. The predicted octanol–water partition coefficient (Wildman–Crippen LogP) is 2.11. The Bertz CT molecular complexity index is 514. The van der Waals surface area contributed by atoms with E-state index >= 15 is 0 Å². The zero-order chi connectivity index (χ0) is 11.5. The Kier molecular flexibility index (Phi) is 3.18. The molecule has 0 bridgehead atoms. The van der Waals surface area contributed by atoms with Gasteiger partial charge in [0.2, 0.25) is 11.9 Å². The number of nitrogens with two attached hydrogens (primary N) is 1. The number of nitrogens with one attached hydrogen (secondary N) is 1. The molecule has 6 heteroatoms. The molecule has 16 heavy (non-hydrogen) atoms. The maximum Gasteiger partial charge on any atom is 0.231 e. The van der Waals surface area contributed by atoms with Gasteiger partial charge in [-0.1, -0.05) is 6.07 Å². The van der Waals surface area contributed by atoms with Gasteiger partial charge in [-0.15, -0.1) is 0 Å². The smallest absolute Gasteiger partial charge is 0.231 e. The van der Waals surface area contributed by atoms with Crippen molar-refractivity contribution in [3.63, 3.8) is 0 Å². The lowest BCUT2D eigenvalue weighted by Crippen LogP contribution is -2.02. The molecule has 0 fully saturated rings. The number of aryl methyl sites for hydroxylation is 1. The highest BCUT2D eigenvalue weighted by Crippen LogP contribution is 2.20. The molecule has 2 aromatic rings. The Hall–Kier alpha value is -1.44. The Morgan fingerprint density at radius 2 is 2.12 bits per heavy atom. The van der Waals surface area contributed by atoms with Gasteiger partial charge in [0.05, 0.1) is 0 Å². The Morgan fingerprint density at radius 3 is 2.88 bits per heavy atom. The number of rotatable bonds is 2. The molecule has 0 saturated carbocycles. The van der Waals surface area contributed by atoms with Crippen molar-refractivity contribution in [3.05, 3.63) is 33.7 Å². The van der Waals surface area contributed by atoms with E-state index in [4.69, 9.17) is 5.73 Å². The van der Waals surface area contributed by atoms with Gasteiger partial charge in [-0.2, -0.15) is 4.98 Å². The summed E-state index contributed by atoms with van der Waals surface area (Å²) >= 11 is 2.25. The summed E-state index contributed by atoms with van der Waals surface area (Å²) in [5.74, 6) is 0.665. The second-order valence-electron chi connectivity index (χ2n) is 3.25. The summed E-state index contributed by atoms with van der Waals surface area (Å²) in [4.78, 5) is 11.7. The first-order valence-corrected chi connectivity index (χ1v) is 5.71. The second-order valence-corrected chi connectivity index (χ2v) is 4.50. The van der Waals surface area contributed by atoms with Gasteiger partial charge < -0.3 is 11.1 Å². The molecule has 1 aromatic heterocycles. The fraction of sp³-hybridized carbons (Fsp3) is 0.100. The fourth-order valence-electron chi connectivity index (χ4n) is 1.22. The molecule has 0 aliphatic carbocycles. The van der Waals surface area contributed by atoms with E-state index in [0.717, 1.165) is 14.8 Å². The molecule has 82 valence electrons. The third-order valence-electron chi connectivity index (χ3n) is 2.04. The highest BCUT2D eigenvalue weighted by Gasteiger charge is 2.02. The van der Waals surface area contributed by atoms with Gasteiger partial charge in [0.15, 0.2) is 0 Å². The number of halogens is 1. The van der Waals surface area contributed by atoms with Crippen molar-refractivity contribution >= 4 is 40.2 Å². The molecule has 0 aliphatic heterocycles. The lowest BCUT2D eigenvalue weighted by molar-refractivity contribution is 1.07. The molecule has 0 amide bonds. The van der Waals surface area contributed by atoms with Crippen LogP contribution in [0, 0.1) is 10.5 Å². The minimum absolute atomic E-state index is 0.209. The Morgan fingerprint density at radius 1 is 1.31 bits per heavy atom. The van der Waals surface area contributed by atoms with Crippen molar-refractivity contribution in [3.8, 4) is 0 Å². The van der Waals surface area contributed by atoms with E-state index in [2.05, 4.69) is 42.9 Å². The maximum atomic E-state index is 5.48. The summed E-state index contributed by atoms with van der Waals surface area (Å²) in [6, 6.07) is 6.10. The summed E-state index contributed by atoms with van der Waals surface area (Å²) in [6.45, 7) is 2.02. The number of benzene rings is 1. The van der Waals surface area contributed by atoms with E-state index in [-0.39, 0.29) is 5.95 Å². The Labute approximate surface area is 107 Å². The zero-order valence-electron chi connectivity index (χ0n) is 8.61. The number of aromatic nitrogens is 3. The molecule has 0 atom stereocenters. The monoisotopic (exact) mass is 327 g/mol. The molecular weight excluding hydrogens is 317 g/mol. The van der Waals surface area contributed by atoms with E-state index < -0.39 is 0 Å². The van der Waals surface area contributed by atoms with E-state index in [0.29, 0.717) is 5.95 Å². The van der Waals surface area contributed by atoms with E-state index in [1.807, 2.05) is 25.1 Å². The van der Waals surface area contributed by atoms with Crippen LogP contribution < -0.4 is 11.1 Å². The van der Waals surface area contributed by atoms with Crippen LogP contribution in [0.5, 0.6) is 0 Å². The first-order chi connectivity index (χ1) is 7.65. The number of anilines is 3. The summed E-state index contributed by atoms with van der Waals surface area (Å²) in [6.07, 6.45) is 1.38. The molecule has 2 rings (SSSR count). The second kappa shape index (κ2) is 4.60. The van der Waals surface area contributed by atoms with Gasteiger partial charge in [0, 0.05) is 9.26 Å². The topological polar surface area (TPSA) is 76.7 Å². The van der Waals surface area contributed by atoms with Crippen molar-refractivity contribution in [2.24, 2.45) is 0 Å². The SMILES string of the molecule is Cc1ccc(I)cc1Nc1ncnc(N)n1. The average molecular weight is 327 g/mol. The van der Waals surface area contributed by atoms with E-state index in [1.165, 1.54) is 6.33 Å². The van der Waals surface area contributed by atoms with Gasteiger partial charge in [0.1, 0.15) is 6.33 Å². The van der Waals surface area contributed by atoms with Crippen molar-refractivity contribution in [2.45, 2.75) is 6.92 Å². The van der Waals surface area contributed by atoms with Gasteiger partial charge in [0.25, 0.3) is 0 Å².